The van der Waals surface area contributed by atoms with Crippen LogP contribution in [0.2, 0.25) is 0 Å². The lowest BCUT2D eigenvalue weighted by atomic mass is 10.1. The summed E-state index contributed by atoms with van der Waals surface area (Å²) in [5.74, 6) is 1.36. The van der Waals surface area contributed by atoms with E-state index in [1.165, 1.54) is 0 Å². The molecule has 0 fully saturated rings. The maximum Gasteiger partial charge on any atom is 0.266 e. The molecule has 182 valence electrons. The maximum atomic E-state index is 13.8. The zero-order valence-corrected chi connectivity index (χ0v) is 21.3. The highest BCUT2D eigenvalue weighted by Crippen LogP contribution is 2.28. The summed E-state index contributed by atoms with van der Waals surface area (Å²) in [5.41, 5.74) is 1.19. The summed E-state index contributed by atoms with van der Waals surface area (Å²) >= 11 is 1.58. The third-order valence-corrected chi connectivity index (χ3v) is 6.84. The summed E-state index contributed by atoms with van der Waals surface area (Å²) in [7, 11) is 0. The van der Waals surface area contributed by atoms with Crippen molar-refractivity contribution in [3.8, 4) is 11.4 Å². The second-order valence-electron chi connectivity index (χ2n) is 8.32. The first-order valence-electron chi connectivity index (χ1n) is 12.1. The summed E-state index contributed by atoms with van der Waals surface area (Å²) in [4.78, 5) is 35.1. The van der Waals surface area contributed by atoms with Crippen molar-refractivity contribution in [3.63, 3.8) is 0 Å². The molecule has 0 radical (unpaired) electrons. The van der Waals surface area contributed by atoms with Crippen molar-refractivity contribution >= 4 is 28.1 Å². The van der Waals surface area contributed by atoms with Crippen molar-refractivity contribution in [1.82, 2.24) is 14.5 Å². The number of hydrogen-bond acceptors (Lipinski definition) is 5. The average molecular weight is 490 g/mol. The van der Waals surface area contributed by atoms with Crippen LogP contribution < -0.4 is 10.3 Å². The second-order valence-corrected chi connectivity index (χ2v) is 9.35. The molecule has 1 unspecified atom stereocenters. The Morgan fingerprint density at radius 3 is 2.49 bits per heavy atom. The minimum Gasteiger partial charge on any atom is -0.494 e. The maximum absolute atomic E-state index is 13.8. The highest BCUT2D eigenvalue weighted by molar-refractivity contribution is 7.10. The van der Waals surface area contributed by atoms with Crippen LogP contribution in [0.4, 0.5) is 0 Å². The van der Waals surface area contributed by atoms with Crippen LogP contribution in [-0.4, -0.2) is 33.5 Å². The zero-order chi connectivity index (χ0) is 24.8. The van der Waals surface area contributed by atoms with E-state index in [0.29, 0.717) is 48.4 Å². The molecule has 7 heteroatoms. The Morgan fingerprint density at radius 2 is 1.83 bits per heavy atom. The summed E-state index contributed by atoms with van der Waals surface area (Å²) in [5, 5.41) is 2.53. The third-order valence-electron chi connectivity index (χ3n) is 5.96. The Balaban J connectivity index is 1.86. The Kier molecular flexibility index (Phi) is 7.98. The van der Waals surface area contributed by atoms with E-state index in [1.54, 1.807) is 22.0 Å². The molecular weight excluding hydrogens is 458 g/mol. The van der Waals surface area contributed by atoms with Crippen LogP contribution in [0.1, 0.15) is 50.4 Å². The van der Waals surface area contributed by atoms with E-state index in [1.807, 2.05) is 78.7 Å². The predicted molar refractivity (Wildman–Crippen MR) is 142 cm³/mol. The molecular formula is C28H31N3O3S. The van der Waals surface area contributed by atoms with Gasteiger partial charge in [-0.05, 0) is 67.6 Å². The number of fused-ring (bicyclic) bond motifs is 1. The molecule has 2 heterocycles. The smallest absolute Gasteiger partial charge is 0.266 e. The first-order valence-corrected chi connectivity index (χ1v) is 13.0. The molecule has 2 aromatic carbocycles. The van der Waals surface area contributed by atoms with E-state index in [-0.39, 0.29) is 17.5 Å². The van der Waals surface area contributed by atoms with E-state index >= 15 is 0 Å². The van der Waals surface area contributed by atoms with Crippen LogP contribution >= 0.6 is 11.3 Å². The Hall–Kier alpha value is -3.45. The van der Waals surface area contributed by atoms with Crippen molar-refractivity contribution in [2.24, 2.45) is 0 Å². The lowest BCUT2D eigenvalue weighted by Gasteiger charge is -2.32. The number of amides is 1. The van der Waals surface area contributed by atoms with Gasteiger partial charge in [0, 0.05) is 11.4 Å². The minimum atomic E-state index is -0.341. The van der Waals surface area contributed by atoms with Gasteiger partial charge >= 0.3 is 0 Å². The number of hydrogen-bond donors (Lipinski definition) is 0. The summed E-state index contributed by atoms with van der Waals surface area (Å²) in [6.45, 7) is 7.19. The molecule has 4 rings (SSSR count). The van der Waals surface area contributed by atoms with Crippen molar-refractivity contribution in [1.29, 1.82) is 0 Å². The SMILES string of the molecule is CCCN(C(=O)Cc1cccs1)C(CC)c1nc2ccccc2c(=O)n1-c1ccc(OCC)cc1. The molecule has 0 spiro atoms. The number of benzene rings is 2. The summed E-state index contributed by atoms with van der Waals surface area (Å²) in [6, 6.07) is 18.4. The molecule has 2 aromatic heterocycles. The van der Waals surface area contributed by atoms with Gasteiger partial charge < -0.3 is 9.64 Å². The molecule has 4 aromatic rings. The molecule has 0 aliphatic carbocycles. The third kappa shape index (κ3) is 5.30. The van der Waals surface area contributed by atoms with Gasteiger partial charge in [0.1, 0.15) is 11.6 Å². The molecule has 0 saturated carbocycles. The van der Waals surface area contributed by atoms with Gasteiger partial charge in [0.2, 0.25) is 5.91 Å². The Bertz CT molecular complexity index is 1330. The molecule has 1 atom stereocenters. The standard InChI is InChI=1S/C28H31N3O3S/c1-4-17-30(26(32)19-22-10-9-18-35-22)25(5-2)27-29-24-12-8-7-11-23(24)28(33)31(27)20-13-15-21(16-14-20)34-6-3/h7-16,18,25H,4-6,17,19H2,1-3H3. The van der Waals surface area contributed by atoms with E-state index in [4.69, 9.17) is 9.72 Å². The van der Waals surface area contributed by atoms with Crippen LogP contribution in [0.3, 0.4) is 0 Å². The molecule has 0 saturated heterocycles. The highest BCUT2D eigenvalue weighted by atomic mass is 32.1. The fraction of sp³-hybridized carbons (Fsp3) is 0.321. The van der Waals surface area contributed by atoms with E-state index < -0.39 is 0 Å². The zero-order valence-electron chi connectivity index (χ0n) is 20.4. The monoisotopic (exact) mass is 489 g/mol. The normalized spacial score (nSPS) is 12.0. The minimum absolute atomic E-state index is 0.0433. The fourth-order valence-electron chi connectivity index (χ4n) is 4.38. The van der Waals surface area contributed by atoms with Gasteiger partial charge in [0.25, 0.3) is 5.56 Å². The predicted octanol–water partition coefficient (Wildman–Crippen LogP) is 5.78. The van der Waals surface area contributed by atoms with E-state index in [9.17, 15) is 9.59 Å². The number of aromatic nitrogens is 2. The average Bonchev–Trinajstić information content (AvgIpc) is 3.38. The lowest BCUT2D eigenvalue weighted by Crippen LogP contribution is -2.39. The number of ether oxygens (including phenoxy) is 1. The van der Waals surface area contributed by atoms with Gasteiger partial charge in [-0.15, -0.1) is 11.3 Å². The largest absolute Gasteiger partial charge is 0.494 e. The number of para-hydroxylation sites is 1. The Labute approximate surface area is 209 Å². The van der Waals surface area contributed by atoms with Gasteiger partial charge in [0.15, 0.2) is 0 Å². The van der Waals surface area contributed by atoms with Crippen LogP contribution in [0.5, 0.6) is 5.75 Å². The second kappa shape index (κ2) is 11.3. The van der Waals surface area contributed by atoms with Crippen molar-refractivity contribution in [3.05, 3.63) is 87.1 Å². The van der Waals surface area contributed by atoms with E-state index in [0.717, 1.165) is 17.0 Å². The molecule has 0 bridgehead atoms. The molecule has 0 N–H and O–H groups in total. The van der Waals surface area contributed by atoms with Gasteiger partial charge in [-0.25, -0.2) is 4.98 Å². The number of carbonyl (C=O) groups is 1. The van der Waals surface area contributed by atoms with Gasteiger partial charge in [-0.3, -0.25) is 14.2 Å². The lowest BCUT2D eigenvalue weighted by molar-refractivity contribution is -0.133. The van der Waals surface area contributed by atoms with E-state index in [2.05, 4.69) is 6.92 Å². The first-order chi connectivity index (χ1) is 17.1. The highest BCUT2D eigenvalue weighted by Gasteiger charge is 2.28. The number of rotatable bonds is 10. The molecule has 0 aliphatic heterocycles. The number of thiophene rings is 1. The number of nitrogens with zero attached hydrogens (tertiary/aromatic N) is 3. The molecule has 35 heavy (non-hydrogen) atoms. The Morgan fingerprint density at radius 1 is 1.06 bits per heavy atom. The molecule has 6 nitrogen and oxygen atoms in total. The molecule has 0 aliphatic rings. The van der Waals surface area contributed by atoms with Crippen LogP contribution in [-0.2, 0) is 11.2 Å². The topological polar surface area (TPSA) is 64.4 Å². The quantitative estimate of drug-likeness (QED) is 0.283. The first kappa shape index (κ1) is 24.7. The van der Waals surface area contributed by atoms with Crippen molar-refractivity contribution in [2.75, 3.05) is 13.2 Å². The van der Waals surface area contributed by atoms with Crippen LogP contribution in [0.15, 0.2) is 70.8 Å². The van der Waals surface area contributed by atoms with Gasteiger partial charge in [-0.1, -0.05) is 32.0 Å². The van der Waals surface area contributed by atoms with Gasteiger partial charge in [0.05, 0.1) is 35.7 Å². The van der Waals surface area contributed by atoms with Crippen LogP contribution in [0.25, 0.3) is 16.6 Å². The summed E-state index contributed by atoms with van der Waals surface area (Å²) < 4.78 is 7.25. The summed E-state index contributed by atoms with van der Waals surface area (Å²) in [6.07, 6.45) is 1.79. The van der Waals surface area contributed by atoms with Gasteiger partial charge in [-0.2, -0.15) is 0 Å². The molecule has 1 amide bonds. The van der Waals surface area contributed by atoms with Crippen molar-refractivity contribution in [2.45, 2.75) is 46.1 Å². The fourth-order valence-corrected chi connectivity index (χ4v) is 5.08. The number of carbonyl (C=O) groups excluding carboxylic acids is 1. The van der Waals surface area contributed by atoms with Crippen LogP contribution in [0, 0.1) is 0 Å². The van der Waals surface area contributed by atoms with Crippen molar-refractivity contribution < 1.29 is 9.53 Å².